The number of nitrogens with zero attached hydrogens (tertiary/aromatic N) is 3. The Hall–Kier alpha value is -2.70. The van der Waals surface area contributed by atoms with Gasteiger partial charge in [0.25, 0.3) is 0 Å². The lowest BCUT2D eigenvalue weighted by atomic mass is 9.96. The lowest BCUT2D eigenvalue weighted by Gasteiger charge is -2.30. The van der Waals surface area contributed by atoms with E-state index in [0.29, 0.717) is 24.8 Å². The quantitative estimate of drug-likeness (QED) is 0.916. The number of rotatable bonds is 4. The van der Waals surface area contributed by atoms with E-state index in [1.165, 1.54) is 6.92 Å². The second-order valence-corrected chi connectivity index (χ2v) is 6.34. The molecule has 2 aromatic rings. The van der Waals surface area contributed by atoms with E-state index in [0.717, 1.165) is 24.0 Å². The van der Waals surface area contributed by atoms with Gasteiger partial charge >= 0.3 is 0 Å². The molecule has 0 aliphatic carbocycles. The molecule has 1 fully saturated rings. The van der Waals surface area contributed by atoms with Gasteiger partial charge < -0.3 is 14.7 Å². The molecule has 7 nitrogen and oxygen atoms in total. The van der Waals surface area contributed by atoms with Crippen molar-refractivity contribution in [3.8, 4) is 11.4 Å². The van der Waals surface area contributed by atoms with Gasteiger partial charge in [0.1, 0.15) is 0 Å². The first-order valence-electron chi connectivity index (χ1n) is 8.46. The van der Waals surface area contributed by atoms with E-state index in [1.807, 2.05) is 31.2 Å². The molecule has 1 aliphatic rings. The maximum absolute atomic E-state index is 12.0. The minimum absolute atomic E-state index is 0.0536. The predicted octanol–water partition coefficient (Wildman–Crippen LogP) is 1.89. The van der Waals surface area contributed by atoms with Crippen LogP contribution in [0.4, 0.5) is 0 Å². The highest BCUT2D eigenvalue weighted by molar-refractivity contribution is 5.83. The summed E-state index contributed by atoms with van der Waals surface area (Å²) in [5.74, 6) is 1.15. The van der Waals surface area contributed by atoms with Crippen molar-refractivity contribution >= 4 is 11.8 Å². The van der Waals surface area contributed by atoms with Crippen molar-refractivity contribution in [1.29, 1.82) is 0 Å². The number of likely N-dealkylation sites (tertiary alicyclic amines) is 1. The Morgan fingerprint density at radius 1 is 1.28 bits per heavy atom. The van der Waals surface area contributed by atoms with Crippen molar-refractivity contribution < 1.29 is 14.1 Å². The number of carbonyl (C=O) groups is 2. The fourth-order valence-electron chi connectivity index (χ4n) is 3.02. The van der Waals surface area contributed by atoms with E-state index in [9.17, 15) is 9.59 Å². The van der Waals surface area contributed by atoms with Gasteiger partial charge in [-0.05, 0) is 25.3 Å². The van der Waals surface area contributed by atoms with Crippen molar-refractivity contribution in [3.05, 3.63) is 35.7 Å². The Labute approximate surface area is 146 Å². The average Bonchev–Trinajstić information content (AvgIpc) is 3.10. The standard InChI is InChI=1S/C18H22N4O3/c1-12-5-3-4-6-15(12)17-20-18(25-21-17)14-7-9-22(10-8-14)16(24)11-19-13(2)23/h3-6,14H,7-11H2,1-2H3,(H,19,23). The number of hydrogen-bond donors (Lipinski definition) is 1. The van der Waals surface area contributed by atoms with Crippen LogP contribution in [0.1, 0.15) is 37.1 Å². The number of nitrogens with one attached hydrogen (secondary N) is 1. The van der Waals surface area contributed by atoms with Gasteiger partial charge in [0.15, 0.2) is 0 Å². The third-order valence-corrected chi connectivity index (χ3v) is 4.51. The summed E-state index contributed by atoms with van der Waals surface area (Å²) in [7, 11) is 0. The molecular weight excluding hydrogens is 320 g/mol. The van der Waals surface area contributed by atoms with Gasteiger partial charge in [-0.25, -0.2) is 0 Å². The van der Waals surface area contributed by atoms with Crippen molar-refractivity contribution in [2.24, 2.45) is 0 Å². The molecule has 2 heterocycles. The SMILES string of the molecule is CC(=O)NCC(=O)N1CCC(c2nc(-c3ccccc3C)no2)CC1. The number of hydrogen-bond acceptors (Lipinski definition) is 5. The second-order valence-electron chi connectivity index (χ2n) is 6.34. The molecule has 3 rings (SSSR count). The Kier molecular flexibility index (Phi) is 5.11. The first kappa shape index (κ1) is 17.1. The average molecular weight is 342 g/mol. The van der Waals surface area contributed by atoms with Crippen molar-refractivity contribution in [2.45, 2.75) is 32.6 Å². The lowest BCUT2D eigenvalue weighted by Crippen LogP contribution is -2.43. The predicted molar refractivity (Wildman–Crippen MR) is 91.7 cm³/mol. The zero-order chi connectivity index (χ0) is 17.8. The van der Waals surface area contributed by atoms with Crippen LogP contribution in [0.15, 0.2) is 28.8 Å². The van der Waals surface area contributed by atoms with E-state index < -0.39 is 0 Å². The third-order valence-electron chi connectivity index (χ3n) is 4.51. The van der Waals surface area contributed by atoms with Crippen molar-refractivity contribution in [1.82, 2.24) is 20.4 Å². The highest BCUT2D eigenvalue weighted by atomic mass is 16.5. The van der Waals surface area contributed by atoms with Gasteiger partial charge in [-0.2, -0.15) is 4.98 Å². The lowest BCUT2D eigenvalue weighted by molar-refractivity contribution is -0.133. The Bertz CT molecular complexity index is 763. The van der Waals surface area contributed by atoms with E-state index in [4.69, 9.17) is 4.52 Å². The molecule has 1 saturated heterocycles. The first-order chi connectivity index (χ1) is 12.0. The summed E-state index contributed by atoms with van der Waals surface area (Å²) in [6, 6.07) is 7.93. The molecule has 0 saturated carbocycles. The second kappa shape index (κ2) is 7.46. The third kappa shape index (κ3) is 4.04. The summed E-state index contributed by atoms with van der Waals surface area (Å²) in [5.41, 5.74) is 2.08. The number of carbonyl (C=O) groups excluding carboxylic acids is 2. The van der Waals surface area contributed by atoms with Crippen molar-refractivity contribution in [3.63, 3.8) is 0 Å². The maximum atomic E-state index is 12.0. The van der Waals surface area contributed by atoms with Gasteiger partial charge in [0, 0.05) is 31.5 Å². The molecule has 0 radical (unpaired) electrons. The fourth-order valence-corrected chi connectivity index (χ4v) is 3.02. The molecule has 1 aromatic carbocycles. The molecule has 2 amide bonds. The molecule has 0 bridgehead atoms. The molecular formula is C18H22N4O3. The molecule has 7 heteroatoms. The topological polar surface area (TPSA) is 88.3 Å². The smallest absolute Gasteiger partial charge is 0.241 e. The summed E-state index contributed by atoms with van der Waals surface area (Å²) in [5, 5.41) is 6.65. The van der Waals surface area contributed by atoms with Crippen LogP contribution in [-0.2, 0) is 9.59 Å². The Morgan fingerprint density at radius 3 is 2.68 bits per heavy atom. The van der Waals surface area contributed by atoms with Gasteiger partial charge in [0.05, 0.1) is 6.54 Å². The van der Waals surface area contributed by atoms with Gasteiger partial charge in [-0.1, -0.05) is 29.4 Å². The molecule has 0 unspecified atom stereocenters. The van der Waals surface area contributed by atoms with Crippen LogP contribution in [-0.4, -0.2) is 46.5 Å². The van der Waals surface area contributed by atoms with Crippen LogP contribution < -0.4 is 5.32 Å². The minimum atomic E-state index is -0.196. The minimum Gasteiger partial charge on any atom is -0.347 e. The van der Waals surface area contributed by atoms with E-state index in [2.05, 4.69) is 15.5 Å². The molecule has 1 aliphatic heterocycles. The number of amides is 2. The van der Waals surface area contributed by atoms with Crippen molar-refractivity contribution in [2.75, 3.05) is 19.6 Å². The zero-order valence-corrected chi connectivity index (χ0v) is 14.5. The zero-order valence-electron chi connectivity index (χ0n) is 14.5. The summed E-state index contributed by atoms with van der Waals surface area (Å²) in [4.78, 5) is 29.3. The maximum Gasteiger partial charge on any atom is 0.241 e. The number of benzene rings is 1. The van der Waals surface area contributed by atoms with Crippen LogP contribution in [0.3, 0.4) is 0 Å². The Morgan fingerprint density at radius 2 is 2.00 bits per heavy atom. The van der Waals surface area contributed by atoms with E-state index in [-0.39, 0.29) is 24.3 Å². The van der Waals surface area contributed by atoms with E-state index >= 15 is 0 Å². The summed E-state index contributed by atoms with van der Waals surface area (Å²) >= 11 is 0. The number of aryl methyl sites for hydroxylation is 1. The van der Waals surface area contributed by atoms with Gasteiger partial charge in [-0.3, -0.25) is 9.59 Å². The van der Waals surface area contributed by atoms with Crippen LogP contribution in [0.2, 0.25) is 0 Å². The molecule has 1 N–H and O–H groups in total. The van der Waals surface area contributed by atoms with Gasteiger partial charge in [-0.15, -0.1) is 0 Å². The summed E-state index contributed by atoms with van der Waals surface area (Å²) in [6.45, 7) is 4.74. The summed E-state index contributed by atoms with van der Waals surface area (Å²) < 4.78 is 5.47. The summed E-state index contributed by atoms with van der Waals surface area (Å²) in [6.07, 6.45) is 1.56. The first-order valence-corrected chi connectivity index (χ1v) is 8.46. The molecule has 1 aromatic heterocycles. The normalized spacial score (nSPS) is 15.2. The Balaban J connectivity index is 1.60. The fraction of sp³-hybridized carbons (Fsp3) is 0.444. The van der Waals surface area contributed by atoms with Crippen LogP contribution in [0, 0.1) is 6.92 Å². The molecule has 0 atom stereocenters. The van der Waals surface area contributed by atoms with Crippen LogP contribution in [0.5, 0.6) is 0 Å². The van der Waals surface area contributed by atoms with Crippen LogP contribution >= 0.6 is 0 Å². The molecule has 0 spiro atoms. The van der Waals surface area contributed by atoms with Crippen LogP contribution in [0.25, 0.3) is 11.4 Å². The number of piperidine rings is 1. The van der Waals surface area contributed by atoms with Gasteiger partial charge in [0.2, 0.25) is 23.5 Å². The molecule has 25 heavy (non-hydrogen) atoms. The van der Waals surface area contributed by atoms with E-state index in [1.54, 1.807) is 4.90 Å². The highest BCUT2D eigenvalue weighted by Crippen LogP contribution is 2.29. The largest absolute Gasteiger partial charge is 0.347 e. The highest BCUT2D eigenvalue weighted by Gasteiger charge is 2.27. The number of aromatic nitrogens is 2. The molecule has 132 valence electrons. The monoisotopic (exact) mass is 342 g/mol.